The highest BCUT2D eigenvalue weighted by molar-refractivity contribution is 5.76. The van der Waals surface area contributed by atoms with Crippen LogP contribution in [0.2, 0.25) is 0 Å². The lowest BCUT2D eigenvalue weighted by atomic mass is 10.1. The van der Waals surface area contributed by atoms with Crippen molar-refractivity contribution in [3.05, 3.63) is 58.1 Å². The average Bonchev–Trinajstić information content (AvgIpc) is 2.86. The highest BCUT2D eigenvalue weighted by atomic mass is 19.1. The molecule has 0 aliphatic rings. The van der Waals surface area contributed by atoms with E-state index in [9.17, 15) is 18.7 Å². The van der Waals surface area contributed by atoms with Crippen molar-refractivity contribution >= 4 is 10.9 Å². The molecule has 6 nitrogen and oxygen atoms in total. The van der Waals surface area contributed by atoms with Crippen molar-refractivity contribution in [2.45, 2.75) is 12.6 Å². The third-order valence-corrected chi connectivity index (χ3v) is 3.41. The van der Waals surface area contributed by atoms with Crippen LogP contribution in [0.1, 0.15) is 11.7 Å². The SMILES string of the molecule is Cn1ncc2cnn(CC(O)c3c(F)cccc3F)c2c1=O. The van der Waals surface area contributed by atoms with Crippen molar-refractivity contribution in [2.75, 3.05) is 0 Å². The molecule has 0 bridgehead atoms. The summed E-state index contributed by atoms with van der Waals surface area (Å²) < 4.78 is 29.7. The summed E-state index contributed by atoms with van der Waals surface area (Å²) in [6.45, 7) is -0.249. The number of hydrogen-bond acceptors (Lipinski definition) is 4. The van der Waals surface area contributed by atoms with Crippen LogP contribution in [0.5, 0.6) is 0 Å². The third-order valence-electron chi connectivity index (χ3n) is 3.41. The van der Waals surface area contributed by atoms with Crippen molar-refractivity contribution in [3.8, 4) is 0 Å². The van der Waals surface area contributed by atoms with Gasteiger partial charge in [-0.2, -0.15) is 10.2 Å². The molecule has 0 aliphatic heterocycles. The van der Waals surface area contributed by atoms with Gasteiger partial charge in [-0.3, -0.25) is 9.48 Å². The zero-order chi connectivity index (χ0) is 15.9. The van der Waals surface area contributed by atoms with E-state index in [1.165, 1.54) is 30.2 Å². The van der Waals surface area contributed by atoms with Crippen LogP contribution in [0.4, 0.5) is 8.78 Å². The van der Waals surface area contributed by atoms with Crippen LogP contribution < -0.4 is 5.56 Å². The fourth-order valence-corrected chi connectivity index (χ4v) is 2.31. The Bertz CT molecular complexity index is 883. The number of halogens is 2. The van der Waals surface area contributed by atoms with Crippen LogP contribution in [0, 0.1) is 11.6 Å². The second-order valence-corrected chi connectivity index (χ2v) is 4.86. The number of hydrogen-bond donors (Lipinski definition) is 1. The summed E-state index contributed by atoms with van der Waals surface area (Å²) >= 11 is 0. The van der Waals surface area contributed by atoms with Crippen molar-refractivity contribution < 1.29 is 13.9 Å². The fraction of sp³-hybridized carbons (Fsp3) is 0.214. The first kappa shape index (κ1) is 14.3. The molecule has 0 radical (unpaired) electrons. The van der Waals surface area contributed by atoms with Gasteiger partial charge in [0.1, 0.15) is 23.3 Å². The minimum atomic E-state index is -1.47. The Morgan fingerprint density at radius 3 is 2.55 bits per heavy atom. The summed E-state index contributed by atoms with van der Waals surface area (Å²) in [5.74, 6) is -1.70. The topological polar surface area (TPSA) is 72.9 Å². The Hall–Kier alpha value is -2.61. The standard InChI is InChI=1S/C14H12F2N4O2/c1-19-14(22)13-8(5-17-19)6-18-20(13)7-11(21)12-9(15)3-2-4-10(12)16/h2-6,11,21H,7H2,1H3. The van der Waals surface area contributed by atoms with Gasteiger partial charge in [-0.25, -0.2) is 13.5 Å². The maximum absolute atomic E-state index is 13.7. The van der Waals surface area contributed by atoms with Crippen LogP contribution in [0.3, 0.4) is 0 Å². The lowest BCUT2D eigenvalue weighted by Crippen LogP contribution is -2.23. The number of fused-ring (bicyclic) bond motifs is 1. The Morgan fingerprint density at radius 2 is 1.86 bits per heavy atom. The van der Waals surface area contributed by atoms with Crippen LogP contribution in [0.15, 0.2) is 35.4 Å². The second kappa shape index (κ2) is 5.30. The van der Waals surface area contributed by atoms with E-state index in [4.69, 9.17) is 0 Å². The molecule has 0 amide bonds. The van der Waals surface area contributed by atoms with Crippen LogP contribution in [-0.4, -0.2) is 24.7 Å². The monoisotopic (exact) mass is 306 g/mol. The molecule has 3 aromatic rings. The maximum atomic E-state index is 13.7. The van der Waals surface area contributed by atoms with E-state index in [0.29, 0.717) is 5.39 Å². The van der Waals surface area contributed by atoms with Crippen molar-refractivity contribution in [1.29, 1.82) is 0 Å². The molecule has 0 aliphatic carbocycles. The van der Waals surface area contributed by atoms with Crippen LogP contribution >= 0.6 is 0 Å². The van der Waals surface area contributed by atoms with Crippen LogP contribution in [-0.2, 0) is 13.6 Å². The number of aryl methyl sites for hydroxylation is 1. The van der Waals surface area contributed by atoms with E-state index in [1.807, 2.05) is 0 Å². The number of aliphatic hydroxyl groups is 1. The van der Waals surface area contributed by atoms with Crippen molar-refractivity contribution in [2.24, 2.45) is 7.05 Å². The van der Waals surface area contributed by atoms with Crippen molar-refractivity contribution in [3.63, 3.8) is 0 Å². The van der Waals surface area contributed by atoms with E-state index in [1.54, 1.807) is 0 Å². The average molecular weight is 306 g/mol. The van der Waals surface area contributed by atoms with Gasteiger partial charge in [-0.1, -0.05) is 6.07 Å². The third kappa shape index (κ3) is 2.27. The maximum Gasteiger partial charge on any atom is 0.292 e. The quantitative estimate of drug-likeness (QED) is 0.787. The first-order valence-corrected chi connectivity index (χ1v) is 6.49. The Balaban J connectivity index is 2.04. The van der Waals surface area contributed by atoms with Gasteiger partial charge in [-0.15, -0.1) is 0 Å². The van der Waals surface area contributed by atoms with Gasteiger partial charge in [-0.05, 0) is 12.1 Å². The molecule has 1 N–H and O–H groups in total. The predicted molar refractivity (Wildman–Crippen MR) is 74.1 cm³/mol. The molecule has 1 aromatic carbocycles. The lowest BCUT2D eigenvalue weighted by molar-refractivity contribution is 0.144. The molecule has 22 heavy (non-hydrogen) atoms. The van der Waals surface area contributed by atoms with E-state index in [2.05, 4.69) is 10.2 Å². The number of nitrogens with zero attached hydrogens (tertiary/aromatic N) is 4. The highest BCUT2D eigenvalue weighted by Crippen LogP contribution is 2.22. The number of aromatic nitrogens is 4. The molecule has 0 saturated carbocycles. The van der Waals surface area contributed by atoms with E-state index in [-0.39, 0.29) is 12.1 Å². The summed E-state index contributed by atoms with van der Waals surface area (Å²) in [7, 11) is 1.48. The van der Waals surface area contributed by atoms with E-state index < -0.39 is 28.9 Å². The minimum absolute atomic E-state index is 0.216. The second-order valence-electron chi connectivity index (χ2n) is 4.86. The Morgan fingerprint density at radius 1 is 1.23 bits per heavy atom. The molecule has 0 fully saturated rings. The van der Waals surface area contributed by atoms with Gasteiger partial charge in [0.25, 0.3) is 5.56 Å². The van der Waals surface area contributed by atoms with Gasteiger partial charge in [0, 0.05) is 12.4 Å². The molecule has 114 valence electrons. The summed E-state index contributed by atoms with van der Waals surface area (Å²) in [5, 5.41) is 18.4. The molecule has 1 unspecified atom stereocenters. The number of benzene rings is 1. The molecule has 1 atom stereocenters. The number of rotatable bonds is 3. The molecular formula is C14H12F2N4O2. The van der Waals surface area contributed by atoms with E-state index in [0.717, 1.165) is 16.8 Å². The molecule has 2 heterocycles. The van der Waals surface area contributed by atoms with Crippen molar-refractivity contribution in [1.82, 2.24) is 19.6 Å². The highest BCUT2D eigenvalue weighted by Gasteiger charge is 2.20. The Kier molecular flexibility index (Phi) is 3.45. The van der Waals surface area contributed by atoms with Gasteiger partial charge >= 0.3 is 0 Å². The molecular weight excluding hydrogens is 294 g/mol. The smallest absolute Gasteiger partial charge is 0.292 e. The van der Waals surface area contributed by atoms with Gasteiger partial charge in [0.05, 0.1) is 24.5 Å². The zero-order valence-electron chi connectivity index (χ0n) is 11.6. The summed E-state index contributed by atoms with van der Waals surface area (Å²) in [6.07, 6.45) is 1.40. The fourth-order valence-electron chi connectivity index (χ4n) is 2.31. The predicted octanol–water partition coefficient (Wildman–Crippen LogP) is 1.14. The van der Waals surface area contributed by atoms with Gasteiger partial charge < -0.3 is 5.11 Å². The molecule has 0 saturated heterocycles. The summed E-state index contributed by atoms with van der Waals surface area (Å²) in [5.41, 5.74) is -0.637. The molecule has 2 aromatic heterocycles. The largest absolute Gasteiger partial charge is 0.386 e. The normalized spacial score (nSPS) is 12.7. The molecule has 0 spiro atoms. The molecule has 8 heteroatoms. The minimum Gasteiger partial charge on any atom is -0.386 e. The van der Waals surface area contributed by atoms with E-state index >= 15 is 0 Å². The van der Waals surface area contributed by atoms with Gasteiger partial charge in [0.15, 0.2) is 0 Å². The molecule has 3 rings (SSSR count). The summed E-state index contributed by atoms with van der Waals surface area (Å²) in [6, 6.07) is 3.34. The zero-order valence-corrected chi connectivity index (χ0v) is 11.6. The van der Waals surface area contributed by atoms with Gasteiger partial charge in [0.2, 0.25) is 0 Å². The first-order valence-electron chi connectivity index (χ1n) is 6.49. The first-order chi connectivity index (χ1) is 10.5. The lowest BCUT2D eigenvalue weighted by Gasteiger charge is -2.13. The number of aliphatic hydroxyl groups excluding tert-OH is 1. The Labute approximate surface area is 123 Å². The van der Waals surface area contributed by atoms with Crippen LogP contribution in [0.25, 0.3) is 10.9 Å². The summed E-state index contributed by atoms with van der Waals surface area (Å²) in [4.78, 5) is 12.1.